The Morgan fingerprint density at radius 1 is 0.281 bits per heavy atom. The summed E-state index contributed by atoms with van der Waals surface area (Å²) in [6.07, 6.45) is 16.1. The molecule has 6 nitrogen and oxygen atoms in total. The van der Waals surface area contributed by atoms with Crippen LogP contribution in [0.15, 0.2) is 170 Å². The van der Waals surface area contributed by atoms with Crippen molar-refractivity contribution in [3.63, 3.8) is 0 Å². The molecular weight excluding hydrogens is 821 g/mol. The standard InChI is InChI=1S/C56H32N6S2/c1-5-33-29-37(9-13-41(33)57-25-1)53-45-17-18-46(61-45)54(38-10-14-42-34(30-38)6-2-26-58-42)51-23-24-52(64-51)56(40-12-16-44-36(32-40)8-4-28-60-44)48-20-19-47(62-48)55(50-22-21-49(53)63-50)39-11-15-43-35(31-39)7-3-27-59-43/h1-32H. The van der Waals surface area contributed by atoms with Gasteiger partial charge in [-0.3, -0.25) is 19.9 Å². The molecule has 0 spiro atoms. The second kappa shape index (κ2) is 14.8. The van der Waals surface area contributed by atoms with E-state index in [2.05, 4.69) is 166 Å². The largest absolute Gasteiger partial charge is 0.256 e. The average Bonchev–Trinajstić information content (AvgIpc) is 4.20. The number of fused-ring (bicyclic) bond motifs is 12. The van der Waals surface area contributed by atoms with E-state index in [0.717, 1.165) is 130 Å². The lowest BCUT2D eigenvalue weighted by Gasteiger charge is -2.08. The summed E-state index contributed by atoms with van der Waals surface area (Å²) in [5.74, 6) is 0. The van der Waals surface area contributed by atoms with Gasteiger partial charge in [0.2, 0.25) is 0 Å². The van der Waals surface area contributed by atoms with Gasteiger partial charge in [0.25, 0.3) is 0 Å². The Balaban J connectivity index is 1.19. The van der Waals surface area contributed by atoms with Crippen molar-refractivity contribution < 1.29 is 0 Å². The molecule has 0 saturated carbocycles. The minimum Gasteiger partial charge on any atom is -0.256 e. The molecule has 0 saturated heterocycles. The fraction of sp³-hybridized carbons (Fsp3) is 0. The van der Waals surface area contributed by atoms with Gasteiger partial charge in [0.1, 0.15) is 0 Å². The van der Waals surface area contributed by atoms with Crippen LogP contribution in [0.4, 0.5) is 0 Å². The first-order chi connectivity index (χ1) is 31.7. The van der Waals surface area contributed by atoms with Crippen molar-refractivity contribution in [2.75, 3.05) is 0 Å². The SMILES string of the molecule is C1=Cc2nc1c(-c1ccc3ncccc3c1)c1ccc(s1)c(-c1ccc3ncccc3c1)c1nc(c(-c3ccc4ncccc4c3)c3ccc(s3)c2-c2ccc3ncccc3c2)C=C1. The van der Waals surface area contributed by atoms with Crippen LogP contribution in [0.3, 0.4) is 0 Å². The summed E-state index contributed by atoms with van der Waals surface area (Å²) in [6, 6.07) is 51.6. The third kappa shape index (κ3) is 6.22. The highest BCUT2D eigenvalue weighted by Crippen LogP contribution is 2.44. The topological polar surface area (TPSA) is 77.3 Å². The Morgan fingerprint density at radius 3 is 0.812 bits per heavy atom. The van der Waals surface area contributed by atoms with E-state index < -0.39 is 0 Å². The van der Waals surface area contributed by atoms with E-state index in [1.807, 2.05) is 49.1 Å². The highest BCUT2D eigenvalue weighted by molar-refractivity contribution is 7.24. The Morgan fingerprint density at radius 2 is 0.547 bits per heavy atom. The van der Waals surface area contributed by atoms with Crippen molar-refractivity contribution in [3.8, 4) is 44.5 Å². The molecule has 7 aromatic heterocycles. The van der Waals surface area contributed by atoms with E-state index in [1.165, 1.54) is 0 Å². The lowest BCUT2D eigenvalue weighted by atomic mass is 10.0. The van der Waals surface area contributed by atoms with Gasteiger partial charge < -0.3 is 0 Å². The van der Waals surface area contributed by atoms with Crippen molar-refractivity contribution in [3.05, 3.63) is 193 Å². The third-order valence-electron chi connectivity index (χ3n) is 12.1. The minimum atomic E-state index is 0.902. The number of hydrogen-bond donors (Lipinski definition) is 0. The number of rotatable bonds is 4. The van der Waals surface area contributed by atoms with Gasteiger partial charge in [0.15, 0.2) is 0 Å². The number of nitrogens with zero attached hydrogens (tertiary/aromatic N) is 6. The summed E-state index contributed by atoms with van der Waals surface area (Å²) >= 11 is 3.53. The van der Waals surface area contributed by atoms with Gasteiger partial charge in [-0.25, -0.2) is 9.97 Å². The summed E-state index contributed by atoms with van der Waals surface area (Å²) < 4.78 is 4.43. The number of thiophene rings is 2. The van der Waals surface area contributed by atoms with Gasteiger partial charge in [-0.05, 0) is 144 Å². The van der Waals surface area contributed by atoms with Crippen LogP contribution in [0.1, 0.15) is 22.8 Å². The molecule has 4 aromatic carbocycles. The molecule has 0 unspecified atom stereocenters. The van der Waals surface area contributed by atoms with Gasteiger partial charge in [0, 0.05) is 87.4 Å². The van der Waals surface area contributed by atoms with E-state index >= 15 is 0 Å². The zero-order valence-corrected chi connectivity index (χ0v) is 35.6. The van der Waals surface area contributed by atoms with Gasteiger partial charge in [-0.2, -0.15) is 0 Å². The number of pyridine rings is 4. The minimum absolute atomic E-state index is 0.902. The maximum absolute atomic E-state index is 5.59. The van der Waals surface area contributed by atoms with Gasteiger partial charge in [0.05, 0.1) is 44.8 Å². The fourth-order valence-corrected chi connectivity index (χ4v) is 11.4. The second-order valence-electron chi connectivity index (χ2n) is 15.9. The molecule has 9 heterocycles. The lowest BCUT2D eigenvalue weighted by Crippen LogP contribution is -1.88. The quantitative estimate of drug-likeness (QED) is 0.175. The zero-order chi connectivity index (χ0) is 42.1. The lowest BCUT2D eigenvalue weighted by molar-refractivity contribution is 1.33. The normalized spacial score (nSPS) is 12.2. The first kappa shape index (κ1) is 36.6. The van der Waals surface area contributed by atoms with Crippen LogP contribution in [0, 0.1) is 0 Å². The van der Waals surface area contributed by atoms with E-state index in [0.29, 0.717) is 0 Å². The summed E-state index contributed by atoms with van der Waals surface area (Å²) in [4.78, 5) is 29.8. The Kier molecular flexibility index (Phi) is 8.47. The molecule has 2 aliphatic rings. The number of hydrogen-bond acceptors (Lipinski definition) is 8. The van der Waals surface area contributed by atoms with Crippen LogP contribution in [0.2, 0.25) is 0 Å². The summed E-state index contributed by atoms with van der Waals surface area (Å²) in [7, 11) is 0. The van der Waals surface area contributed by atoms with Crippen LogP contribution >= 0.6 is 22.7 Å². The van der Waals surface area contributed by atoms with Crippen molar-refractivity contribution in [2.24, 2.45) is 0 Å². The van der Waals surface area contributed by atoms with Crippen LogP contribution < -0.4 is 0 Å². The van der Waals surface area contributed by atoms with Gasteiger partial charge >= 0.3 is 0 Å². The van der Waals surface area contributed by atoms with Crippen LogP contribution in [-0.2, 0) is 0 Å². The molecule has 0 amide bonds. The van der Waals surface area contributed by atoms with Gasteiger partial charge in [-0.1, -0.05) is 48.5 Å². The van der Waals surface area contributed by atoms with E-state index in [9.17, 15) is 0 Å². The highest BCUT2D eigenvalue weighted by Gasteiger charge is 2.20. The molecule has 64 heavy (non-hydrogen) atoms. The molecule has 11 aromatic rings. The summed E-state index contributed by atoms with van der Waals surface area (Å²) in [6.45, 7) is 0. The fourth-order valence-electron chi connectivity index (χ4n) is 9.08. The molecule has 0 aliphatic carbocycles. The summed E-state index contributed by atoms with van der Waals surface area (Å²) in [5.41, 5.74) is 16.0. The molecule has 0 fully saturated rings. The van der Waals surface area contributed by atoms with E-state index in [4.69, 9.17) is 9.97 Å². The van der Waals surface area contributed by atoms with Crippen LogP contribution in [0.5, 0.6) is 0 Å². The first-order valence-electron chi connectivity index (χ1n) is 21.1. The maximum atomic E-state index is 5.59. The molecule has 0 atom stereocenters. The van der Waals surface area contributed by atoms with Crippen LogP contribution in [0.25, 0.3) is 131 Å². The van der Waals surface area contributed by atoms with Gasteiger partial charge in [-0.15, -0.1) is 22.7 Å². The van der Waals surface area contributed by atoms with E-state index in [-0.39, 0.29) is 0 Å². The Labute approximate surface area is 375 Å². The molecule has 8 heteroatoms. The van der Waals surface area contributed by atoms with E-state index in [1.54, 1.807) is 22.7 Å². The second-order valence-corrected chi connectivity index (χ2v) is 18.1. The molecular formula is C56H32N6S2. The van der Waals surface area contributed by atoms with Crippen LogP contribution in [-0.4, -0.2) is 29.9 Å². The van der Waals surface area contributed by atoms with Crippen molar-refractivity contribution in [1.82, 2.24) is 29.9 Å². The Bertz CT molecular complexity index is 3490. The summed E-state index contributed by atoms with van der Waals surface area (Å²) in [5, 5.41) is 4.30. The Hall–Kier alpha value is -8.04. The van der Waals surface area contributed by atoms with Crippen molar-refractivity contribution in [2.45, 2.75) is 0 Å². The van der Waals surface area contributed by atoms with Crippen molar-refractivity contribution in [1.29, 1.82) is 0 Å². The third-order valence-corrected chi connectivity index (χ3v) is 14.3. The van der Waals surface area contributed by atoms with Crippen molar-refractivity contribution >= 4 is 109 Å². The molecule has 8 bridgehead atoms. The maximum Gasteiger partial charge on any atom is 0.0730 e. The molecule has 13 rings (SSSR count). The monoisotopic (exact) mass is 852 g/mol. The number of benzene rings is 4. The molecule has 298 valence electrons. The highest BCUT2D eigenvalue weighted by atomic mass is 32.1. The molecule has 0 N–H and O–H groups in total. The first-order valence-corrected chi connectivity index (χ1v) is 22.7. The molecule has 2 aliphatic heterocycles. The average molecular weight is 853 g/mol. The smallest absolute Gasteiger partial charge is 0.0730 e. The predicted octanol–water partition coefficient (Wildman–Crippen LogP) is 15.0. The predicted molar refractivity (Wildman–Crippen MR) is 269 cm³/mol. The molecule has 0 radical (unpaired) electrons. The zero-order valence-electron chi connectivity index (χ0n) is 34.0. The number of aromatic nitrogens is 6.